The van der Waals surface area contributed by atoms with Gasteiger partial charge in [0.1, 0.15) is 0 Å². The SMILES string of the molecule is NCCC(CC(O)c1ccccc1)C(=O)O. The number of aliphatic hydroxyl groups excluding tert-OH is 1. The van der Waals surface area contributed by atoms with Crippen LogP contribution in [0.25, 0.3) is 0 Å². The molecule has 16 heavy (non-hydrogen) atoms. The lowest BCUT2D eigenvalue weighted by molar-refractivity contribution is -0.143. The predicted octanol–water partition coefficient (Wildman–Crippen LogP) is 1.16. The largest absolute Gasteiger partial charge is 0.481 e. The van der Waals surface area contributed by atoms with Gasteiger partial charge in [-0.05, 0) is 24.9 Å². The molecule has 0 aliphatic carbocycles. The molecular formula is C12H17NO3. The van der Waals surface area contributed by atoms with Gasteiger partial charge in [-0.15, -0.1) is 0 Å². The summed E-state index contributed by atoms with van der Waals surface area (Å²) in [5.74, 6) is -1.49. The van der Waals surface area contributed by atoms with Gasteiger partial charge in [0.2, 0.25) is 0 Å². The fraction of sp³-hybridized carbons (Fsp3) is 0.417. The van der Waals surface area contributed by atoms with Crippen LogP contribution in [-0.2, 0) is 4.79 Å². The first-order chi connectivity index (χ1) is 7.65. The maximum Gasteiger partial charge on any atom is 0.306 e. The van der Waals surface area contributed by atoms with Crippen molar-refractivity contribution >= 4 is 5.97 Å². The average molecular weight is 223 g/mol. The lowest BCUT2D eigenvalue weighted by Gasteiger charge is -2.16. The zero-order valence-electron chi connectivity index (χ0n) is 9.04. The van der Waals surface area contributed by atoms with E-state index in [1.54, 1.807) is 12.1 Å². The van der Waals surface area contributed by atoms with Crippen LogP contribution in [0.1, 0.15) is 24.5 Å². The molecule has 0 amide bonds. The Hall–Kier alpha value is -1.39. The second-order valence-electron chi connectivity index (χ2n) is 3.77. The zero-order chi connectivity index (χ0) is 12.0. The lowest BCUT2D eigenvalue weighted by atomic mass is 9.94. The van der Waals surface area contributed by atoms with Crippen LogP contribution < -0.4 is 5.73 Å². The van der Waals surface area contributed by atoms with Crippen molar-refractivity contribution in [3.8, 4) is 0 Å². The molecule has 0 aromatic heterocycles. The highest BCUT2D eigenvalue weighted by molar-refractivity contribution is 5.70. The Bertz CT molecular complexity index is 326. The van der Waals surface area contributed by atoms with Crippen LogP contribution in [0, 0.1) is 5.92 Å². The summed E-state index contributed by atoms with van der Waals surface area (Å²) in [4.78, 5) is 10.9. The molecule has 4 nitrogen and oxygen atoms in total. The van der Waals surface area contributed by atoms with Gasteiger partial charge in [0, 0.05) is 0 Å². The maximum atomic E-state index is 10.9. The normalized spacial score (nSPS) is 14.4. The van der Waals surface area contributed by atoms with E-state index in [1.807, 2.05) is 18.2 Å². The van der Waals surface area contributed by atoms with Gasteiger partial charge in [0.15, 0.2) is 0 Å². The van der Waals surface area contributed by atoms with Crippen molar-refractivity contribution in [3.05, 3.63) is 35.9 Å². The molecule has 88 valence electrons. The summed E-state index contributed by atoms with van der Waals surface area (Å²) in [6.07, 6.45) is -0.149. The second-order valence-corrected chi connectivity index (χ2v) is 3.77. The molecule has 0 heterocycles. The van der Waals surface area contributed by atoms with Crippen LogP contribution in [0.15, 0.2) is 30.3 Å². The van der Waals surface area contributed by atoms with Gasteiger partial charge >= 0.3 is 5.97 Å². The van der Waals surface area contributed by atoms with Gasteiger partial charge in [-0.25, -0.2) is 0 Å². The van der Waals surface area contributed by atoms with Crippen LogP contribution in [0.3, 0.4) is 0 Å². The summed E-state index contributed by atoms with van der Waals surface area (Å²) in [5, 5.41) is 18.8. The summed E-state index contributed by atoms with van der Waals surface area (Å²) in [6.45, 7) is 0.318. The minimum absolute atomic E-state index is 0.205. The molecule has 4 heteroatoms. The van der Waals surface area contributed by atoms with E-state index < -0.39 is 18.0 Å². The fourth-order valence-corrected chi connectivity index (χ4v) is 1.62. The Morgan fingerprint density at radius 3 is 2.44 bits per heavy atom. The number of carbonyl (C=O) groups is 1. The Morgan fingerprint density at radius 1 is 1.31 bits per heavy atom. The first kappa shape index (κ1) is 12.7. The number of aliphatic hydroxyl groups is 1. The second kappa shape index (κ2) is 6.25. The van der Waals surface area contributed by atoms with Crippen molar-refractivity contribution in [1.82, 2.24) is 0 Å². The van der Waals surface area contributed by atoms with E-state index in [0.29, 0.717) is 13.0 Å². The van der Waals surface area contributed by atoms with E-state index in [0.717, 1.165) is 5.56 Å². The Kier molecular flexibility index (Phi) is 4.95. The van der Waals surface area contributed by atoms with E-state index in [1.165, 1.54) is 0 Å². The van der Waals surface area contributed by atoms with Crippen molar-refractivity contribution in [1.29, 1.82) is 0 Å². The van der Waals surface area contributed by atoms with Crippen LogP contribution in [0.2, 0.25) is 0 Å². The van der Waals surface area contributed by atoms with E-state index in [9.17, 15) is 9.90 Å². The molecule has 0 spiro atoms. The van der Waals surface area contributed by atoms with Crippen LogP contribution in [0.5, 0.6) is 0 Å². The third-order valence-electron chi connectivity index (χ3n) is 2.56. The zero-order valence-corrected chi connectivity index (χ0v) is 9.04. The number of carboxylic acids is 1. The van der Waals surface area contributed by atoms with Crippen molar-refractivity contribution in [3.63, 3.8) is 0 Å². The third kappa shape index (κ3) is 3.64. The molecule has 0 saturated carbocycles. The van der Waals surface area contributed by atoms with Gasteiger partial charge in [0.25, 0.3) is 0 Å². The smallest absolute Gasteiger partial charge is 0.306 e. The van der Waals surface area contributed by atoms with E-state index in [-0.39, 0.29) is 6.42 Å². The summed E-state index contributed by atoms with van der Waals surface area (Å²) in [7, 11) is 0. The summed E-state index contributed by atoms with van der Waals surface area (Å²) >= 11 is 0. The molecule has 1 aromatic rings. The molecule has 0 saturated heterocycles. The van der Waals surface area contributed by atoms with Gasteiger partial charge in [-0.1, -0.05) is 30.3 Å². The number of hydrogen-bond acceptors (Lipinski definition) is 3. The monoisotopic (exact) mass is 223 g/mol. The molecule has 1 aromatic carbocycles. The predicted molar refractivity (Wildman–Crippen MR) is 60.8 cm³/mol. The van der Waals surface area contributed by atoms with E-state index >= 15 is 0 Å². The average Bonchev–Trinajstić information content (AvgIpc) is 2.29. The quantitative estimate of drug-likeness (QED) is 0.675. The molecule has 0 radical (unpaired) electrons. The molecule has 0 fully saturated rings. The third-order valence-corrected chi connectivity index (χ3v) is 2.56. The highest BCUT2D eigenvalue weighted by Gasteiger charge is 2.21. The van der Waals surface area contributed by atoms with E-state index in [4.69, 9.17) is 10.8 Å². The number of rotatable bonds is 6. The molecule has 4 N–H and O–H groups in total. The minimum atomic E-state index is -0.902. The summed E-state index contributed by atoms with van der Waals surface area (Å²) < 4.78 is 0. The molecular weight excluding hydrogens is 206 g/mol. The Morgan fingerprint density at radius 2 is 1.94 bits per heavy atom. The number of nitrogens with two attached hydrogens (primary N) is 1. The Balaban J connectivity index is 2.61. The van der Waals surface area contributed by atoms with Crippen molar-refractivity contribution in [2.24, 2.45) is 11.7 Å². The number of aliphatic carboxylic acids is 1. The van der Waals surface area contributed by atoms with Crippen molar-refractivity contribution < 1.29 is 15.0 Å². The van der Waals surface area contributed by atoms with Crippen LogP contribution >= 0.6 is 0 Å². The van der Waals surface area contributed by atoms with Crippen molar-refractivity contribution in [2.45, 2.75) is 18.9 Å². The molecule has 0 aliphatic rings. The number of benzene rings is 1. The molecule has 1 rings (SSSR count). The topological polar surface area (TPSA) is 83.5 Å². The van der Waals surface area contributed by atoms with Gasteiger partial charge < -0.3 is 15.9 Å². The molecule has 2 atom stereocenters. The van der Waals surface area contributed by atoms with Gasteiger partial charge in [0.05, 0.1) is 12.0 Å². The highest BCUT2D eigenvalue weighted by Crippen LogP contribution is 2.22. The van der Waals surface area contributed by atoms with Gasteiger partial charge in [-0.3, -0.25) is 4.79 Å². The molecule has 0 bridgehead atoms. The maximum absolute atomic E-state index is 10.9. The van der Waals surface area contributed by atoms with E-state index in [2.05, 4.69) is 0 Å². The number of hydrogen-bond donors (Lipinski definition) is 3. The first-order valence-electron chi connectivity index (χ1n) is 5.31. The lowest BCUT2D eigenvalue weighted by Crippen LogP contribution is -2.20. The summed E-state index contributed by atoms with van der Waals surface area (Å²) in [6, 6.07) is 9.05. The Labute approximate surface area is 94.7 Å². The fourth-order valence-electron chi connectivity index (χ4n) is 1.62. The first-order valence-corrected chi connectivity index (χ1v) is 5.31. The summed E-state index contributed by atoms with van der Waals surface area (Å²) in [5.41, 5.74) is 6.08. The highest BCUT2D eigenvalue weighted by atomic mass is 16.4. The van der Waals surface area contributed by atoms with Crippen molar-refractivity contribution in [2.75, 3.05) is 6.54 Å². The minimum Gasteiger partial charge on any atom is -0.481 e. The standard InChI is InChI=1S/C12H17NO3/c13-7-6-10(12(15)16)8-11(14)9-4-2-1-3-5-9/h1-5,10-11,14H,6-8,13H2,(H,15,16). The van der Waals surface area contributed by atoms with Gasteiger partial charge in [-0.2, -0.15) is 0 Å². The van der Waals surface area contributed by atoms with Crippen LogP contribution in [-0.4, -0.2) is 22.7 Å². The number of carboxylic acid groups (broad SMARTS) is 1. The molecule has 0 aliphatic heterocycles. The van der Waals surface area contributed by atoms with Crippen LogP contribution in [0.4, 0.5) is 0 Å². The molecule has 2 unspecified atom stereocenters.